The van der Waals surface area contributed by atoms with Crippen molar-refractivity contribution in [3.05, 3.63) is 23.5 Å². The summed E-state index contributed by atoms with van der Waals surface area (Å²) in [6.07, 6.45) is 1.76. The highest BCUT2D eigenvalue weighted by molar-refractivity contribution is 5.67. The molecule has 0 aromatic heterocycles. The first-order valence-corrected chi connectivity index (χ1v) is 5.19. The quantitative estimate of drug-likeness (QED) is 0.753. The molecule has 84 valence electrons. The molecule has 15 heavy (non-hydrogen) atoms. The van der Waals surface area contributed by atoms with Crippen molar-refractivity contribution in [2.24, 2.45) is 5.41 Å². The minimum Gasteiger partial charge on any atom is -0.397 e. The summed E-state index contributed by atoms with van der Waals surface area (Å²) in [5, 5.41) is 0. The molecule has 4 N–H and O–H groups in total. The van der Waals surface area contributed by atoms with Crippen molar-refractivity contribution in [1.82, 2.24) is 0 Å². The van der Waals surface area contributed by atoms with E-state index in [4.69, 9.17) is 11.5 Å². The van der Waals surface area contributed by atoms with Gasteiger partial charge in [-0.1, -0.05) is 27.2 Å². The summed E-state index contributed by atoms with van der Waals surface area (Å²) in [6, 6.07) is 2.74. The first-order chi connectivity index (χ1) is 6.85. The van der Waals surface area contributed by atoms with Crippen molar-refractivity contribution in [3.8, 4) is 0 Å². The third-order valence-corrected chi connectivity index (χ3v) is 2.89. The predicted molar refractivity (Wildman–Crippen MR) is 63.0 cm³/mol. The number of benzene rings is 1. The van der Waals surface area contributed by atoms with Crippen LogP contribution in [0.25, 0.3) is 0 Å². The van der Waals surface area contributed by atoms with Gasteiger partial charge in [0.1, 0.15) is 5.82 Å². The molecule has 0 atom stereocenters. The lowest BCUT2D eigenvalue weighted by Gasteiger charge is -2.23. The van der Waals surface area contributed by atoms with Gasteiger partial charge in [0.05, 0.1) is 11.4 Å². The largest absolute Gasteiger partial charge is 0.397 e. The highest BCUT2D eigenvalue weighted by Gasteiger charge is 2.18. The number of halogens is 1. The molecule has 2 nitrogen and oxygen atoms in total. The Labute approximate surface area is 90.5 Å². The molecular formula is C12H19FN2. The van der Waals surface area contributed by atoms with Crippen LogP contribution in [0.1, 0.15) is 32.8 Å². The number of rotatable bonds is 3. The fourth-order valence-corrected chi connectivity index (χ4v) is 1.48. The lowest BCUT2D eigenvalue weighted by atomic mass is 9.83. The summed E-state index contributed by atoms with van der Waals surface area (Å²) >= 11 is 0. The van der Waals surface area contributed by atoms with Crippen LogP contribution in [0, 0.1) is 11.2 Å². The van der Waals surface area contributed by atoms with E-state index in [0.29, 0.717) is 11.4 Å². The Balaban J connectivity index is 3.05. The minimum absolute atomic E-state index is 0.119. The molecular weight excluding hydrogens is 191 g/mol. The third kappa shape index (κ3) is 2.85. The molecule has 0 fully saturated rings. The maximum atomic E-state index is 13.2. The van der Waals surface area contributed by atoms with Gasteiger partial charge in [0.15, 0.2) is 0 Å². The molecule has 1 rings (SSSR count). The van der Waals surface area contributed by atoms with E-state index in [1.807, 2.05) is 0 Å². The first-order valence-electron chi connectivity index (χ1n) is 5.19. The normalized spacial score (nSPS) is 11.7. The van der Waals surface area contributed by atoms with Crippen LogP contribution in [0.5, 0.6) is 0 Å². The van der Waals surface area contributed by atoms with E-state index in [0.717, 1.165) is 18.4 Å². The van der Waals surface area contributed by atoms with Gasteiger partial charge in [-0.05, 0) is 29.5 Å². The molecule has 0 radical (unpaired) electrons. The molecule has 0 aliphatic carbocycles. The Morgan fingerprint density at radius 2 is 1.87 bits per heavy atom. The van der Waals surface area contributed by atoms with Gasteiger partial charge in [0.25, 0.3) is 0 Å². The van der Waals surface area contributed by atoms with Crippen LogP contribution < -0.4 is 11.5 Å². The number of nitrogen functional groups attached to an aromatic ring is 2. The highest BCUT2D eigenvalue weighted by atomic mass is 19.1. The number of anilines is 2. The fourth-order valence-electron chi connectivity index (χ4n) is 1.48. The maximum Gasteiger partial charge on any atom is 0.125 e. The van der Waals surface area contributed by atoms with Gasteiger partial charge in [-0.3, -0.25) is 0 Å². The van der Waals surface area contributed by atoms with Crippen molar-refractivity contribution < 1.29 is 4.39 Å². The zero-order valence-electron chi connectivity index (χ0n) is 9.60. The summed E-state index contributed by atoms with van der Waals surface area (Å²) < 4.78 is 13.2. The maximum absolute atomic E-state index is 13.2. The Kier molecular flexibility index (Phi) is 3.22. The monoisotopic (exact) mass is 210 g/mol. The van der Waals surface area contributed by atoms with Crippen molar-refractivity contribution in [3.63, 3.8) is 0 Å². The van der Waals surface area contributed by atoms with E-state index < -0.39 is 0 Å². The Bertz CT molecular complexity index is 359. The van der Waals surface area contributed by atoms with Crippen molar-refractivity contribution in [1.29, 1.82) is 0 Å². The van der Waals surface area contributed by atoms with Gasteiger partial charge in [0.2, 0.25) is 0 Å². The average Bonchev–Trinajstić information content (AvgIpc) is 2.13. The first kappa shape index (κ1) is 11.8. The second-order valence-corrected chi connectivity index (χ2v) is 4.76. The summed E-state index contributed by atoms with van der Waals surface area (Å²) in [6.45, 7) is 6.37. The van der Waals surface area contributed by atoms with E-state index in [-0.39, 0.29) is 11.2 Å². The van der Waals surface area contributed by atoms with E-state index >= 15 is 0 Å². The molecule has 0 bridgehead atoms. The van der Waals surface area contributed by atoms with Gasteiger partial charge in [-0.15, -0.1) is 0 Å². The molecule has 0 saturated carbocycles. The summed E-state index contributed by atoms with van der Waals surface area (Å²) in [5.74, 6) is -0.316. The number of hydrogen-bond donors (Lipinski definition) is 2. The molecule has 0 saturated heterocycles. The van der Waals surface area contributed by atoms with Gasteiger partial charge >= 0.3 is 0 Å². The van der Waals surface area contributed by atoms with Crippen LogP contribution in [0.3, 0.4) is 0 Å². The van der Waals surface area contributed by atoms with E-state index in [1.54, 1.807) is 0 Å². The molecule has 1 aromatic rings. The molecule has 0 unspecified atom stereocenters. The molecule has 0 heterocycles. The van der Waals surface area contributed by atoms with Crippen molar-refractivity contribution in [2.75, 3.05) is 11.5 Å². The lowest BCUT2D eigenvalue weighted by Crippen LogP contribution is -2.15. The minimum atomic E-state index is -0.316. The van der Waals surface area contributed by atoms with Crippen LogP contribution in [0.2, 0.25) is 0 Å². The SMILES string of the molecule is CCC(C)(C)Cc1cc(F)cc(N)c1N. The smallest absolute Gasteiger partial charge is 0.125 e. The summed E-state index contributed by atoms with van der Waals surface area (Å²) in [5.41, 5.74) is 13.2. The Morgan fingerprint density at radius 1 is 1.27 bits per heavy atom. The second kappa shape index (κ2) is 4.09. The second-order valence-electron chi connectivity index (χ2n) is 4.76. The van der Waals surface area contributed by atoms with Gasteiger partial charge in [0, 0.05) is 0 Å². The molecule has 0 aliphatic rings. The summed E-state index contributed by atoms with van der Waals surface area (Å²) in [7, 11) is 0. The van der Waals surface area contributed by atoms with Crippen LogP contribution in [0.4, 0.5) is 15.8 Å². The Hall–Kier alpha value is -1.25. The Morgan fingerprint density at radius 3 is 2.40 bits per heavy atom. The molecule has 0 amide bonds. The molecule has 1 aromatic carbocycles. The summed E-state index contributed by atoms with van der Waals surface area (Å²) in [4.78, 5) is 0. The third-order valence-electron chi connectivity index (χ3n) is 2.89. The zero-order valence-corrected chi connectivity index (χ0v) is 9.60. The average molecular weight is 210 g/mol. The molecule has 0 spiro atoms. The topological polar surface area (TPSA) is 52.0 Å². The van der Waals surface area contributed by atoms with E-state index in [2.05, 4.69) is 20.8 Å². The zero-order chi connectivity index (χ0) is 11.6. The van der Waals surface area contributed by atoms with Crippen LogP contribution >= 0.6 is 0 Å². The molecule has 3 heteroatoms. The predicted octanol–water partition coefficient (Wildman–Crippen LogP) is 2.97. The van der Waals surface area contributed by atoms with Crippen LogP contribution in [0.15, 0.2) is 12.1 Å². The van der Waals surface area contributed by atoms with Crippen molar-refractivity contribution in [2.45, 2.75) is 33.6 Å². The van der Waals surface area contributed by atoms with Crippen molar-refractivity contribution >= 4 is 11.4 Å². The van der Waals surface area contributed by atoms with E-state index in [9.17, 15) is 4.39 Å². The standard InChI is InChI=1S/C12H19FN2/c1-4-12(2,3)7-8-5-9(13)6-10(14)11(8)15/h5-6H,4,7,14-15H2,1-3H3. The van der Waals surface area contributed by atoms with Crippen LogP contribution in [-0.2, 0) is 6.42 Å². The van der Waals surface area contributed by atoms with Gasteiger partial charge < -0.3 is 11.5 Å². The highest BCUT2D eigenvalue weighted by Crippen LogP contribution is 2.31. The van der Waals surface area contributed by atoms with Crippen LogP contribution in [-0.4, -0.2) is 0 Å². The van der Waals surface area contributed by atoms with Gasteiger partial charge in [-0.2, -0.15) is 0 Å². The molecule has 0 aliphatic heterocycles. The fraction of sp³-hybridized carbons (Fsp3) is 0.500. The van der Waals surface area contributed by atoms with E-state index in [1.165, 1.54) is 12.1 Å². The number of nitrogens with two attached hydrogens (primary N) is 2. The van der Waals surface area contributed by atoms with Gasteiger partial charge in [-0.25, -0.2) is 4.39 Å². The number of hydrogen-bond acceptors (Lipinski definition) is 2. The lowest BCUT2D eigenvalue weighted by molar-refractivity contribution is 0.349.